The summed E-state index contributed by atoms with van der Waals surface area (Å²) in [7, 11) is 0. The third kappa shape index (κ3) is 2.89. The van der Waals surface area contributed by atoms with Crippen molar-refractivity contribution in [1.29, 1.82) is 0 Å². The number of anilines is 1. The molecule has 1 aromatic rings. The molecule has 17 heavy (non-hydrogen) atoms. The number of hydrogen-bond donors (Lipinski definition) is 1. The lowest BCUT2D eigenvalue weighted by Gasteiger charge is -2.16. The molecule has 2 nitrogen and oxygen atoms in total. The zero-order valence-corrected chi connectivity index (χ0v) is 11.7. The summed E-state index contributed by atoms with van der Waals surface area (Å²) >= 11 is 3.55. The summed E-state index contributed by atoms with van der Waals surface area (Å²) in [6.07, 6.45) is 5.63. The topological polar surface area (TPSA) is 29.1 Å². The minimum Gasteiger partial charge on any atom is -0.381 e. The average Bonchev–Trinajstić information content (AvgIpc) is 2.84. The molecule has 0 radical (unpaired) electrons. The van der Waals surface area contributed by atoms with E-state index < -0.39 is 0 Å². The van der Waals surface area contributed by atoms with Crippen LogP contribution in [0.4, 0.5) is 5.69 Å². The maximum atomic E-state index is 11.8. The fraction of sp³-hybridized carbons (Fsp3) is 0.500. The van der Waals surface area contributed by atoms with Gasteiger partial charge in [-0.3, -0.25) is 4.79 Å². The van der Waals surface area contributed by atoms with E-state index in [0.717, 1.165) is 15.7 Å². The zero-order valence-electron chi connectivity index (χ0n) is 10.1. The molecule has 0 atom stereocenters. The smallest absolute Gasteiger partial charge is 0.163 e. The Kier molecular flexibility index (Phi) is 4.21. The molecular weight excluding hydrogens is 278 g/mol. The summed E-state index contributed by atoms with van der Waals surface area (Å²) in [5, 5.41) is 3.53. The Morgan fingerprint density at radius 2 is 2.12 bits per heavy atom. The molecule has 0 spiro atoms. The number of halogens is 1. The zero-order chi connectivity index (χ0) is 12.3. The summed E-state index contributed by atoms with van der Waals surface area (Å²) in [4.78, 5) is 11.8. The standard InChI is InChI=1S/C14H18BrNO/c1-2-13(17)11-8-5-9-12(14(11)15)16-10-6-3-4-7-10/h5,8-10,16H,2-4,6-7H2,1H3. The van der Waals surface area contributed by atoms with Gasteiger partial charge in [0.25, 0.3) is 0 Å². The van der Waals surface area contributed by atoms with Crippen LogP contribution in [0.2, 0.25) is 0 Å². The summed E-state index contributed by atoms with van der Waals surface area (Å²) in [6, 6.07) is 6.44. The molecule has 0 unspecified atom stereocenters. The second kappa shape index (κ2) is 5.67. The van der Waals surface area contributed by atoms with Gasteiger partial charge in [-0.25, -0.2) is 0 Å². The molecular formula is C14H18BrNO. The number of ketones is 1. The molecule has 0 bridgehead atoms. The molecule has 92 valence electrons. The Morgan fingerprint density at radius 1 is 1.41 bits per heavy atom. The molecule has 1 fully saturated rings. The number of hydrogen-bond acceptors (Lipinski definition) is 2. The molecule has 1 saturated carbocycles. The maximum Gasteiger partial charge on any atom is 0.163 e. The highest BCUT2D eigenvalue weighted by atomic mass is 79.9. The van der Waals surface area contributed by atoms with Crippen LogP contribution in [0.5, 0.6) is 0 Å². The summed E-state index contributed by atoms with van der Waals surface area (Å²) in [5.74, 6) is 0.187. The lowest BCUT2D eigenvalue weighted by molar-refractivity contribution is 0.0987. The first kappa shape index (κ1) is 12.6. The number of carbonyl (C=O) groups excluding carboxylic acids is 1. The quantitative estimate of drug-likeness (QED) is 0.835. The van der Waals surface area contributed by atoms with Crippen molar-refractivity contribution in [3.63, 3.8) is 0 Å². The van der Waals surface area contributed by atoms with E-state index in [-0.39, 0.29) is 5.78 Å². The first-order valence-corrected chi connectivity index (χ1v) is 7.10. The molecule has 3 heteroatoms. The van der Waals surface area contributed by atoms with Gasteiger partial charge in [-0.1, -0.05) is 31.9 Å². The first-order chi connectivity index (χ1) is 8.22. The van der Waals surface area contributed by atoms with Crippen molar-refractivity contribution in [2.75, 3.05) is 5.32 Å². The molecule has 1 aliphatic carbocycles. The van der Waals surface area contributed by atoms with Crippen LogP contribution >= 0.6 is 15.9 Å². The first-order valence-electron chi connectivity index (χ1n) is 6.30. The van der Waals surface area contributed by atoms with Crippen LogP contribution in [0.3, 0.4) is 0 Å². The lowest BCUT2D eigenvalue weighted by Crippen LogP contribution is -2.15. The minimum atomic E-state index is 0.187. The summed E-state index contributed by atoms with van der Waals surface area (Å²) < 4.78 is 0.916. The van der Waals surface area contributed by atoms with Crippen LogP contribution in [0, 0.1) is 0 Å². The second-order valence-electron chi connectivity index (χ2n) is 4.57. The number of carbonyl (C=O) groups is 1. The van der Waals surface area contributed by atoms with Crippen LogP contribution in [0.1, 0.15) is 49.4 Å². The van der Waals surface area contributed by atoms with Gasteiger partial charge >= 0.3 is 0 Å². The molecule has 1 N–H and O–H groups in total. The van der Waals surface area contributed by atoms with Crippen molar-refractivity contribution in [2.45, 2.75) is 45.1 Å². The monoisotopic (exact) mass is 295 g/mol. The van der Waals surface area contributed by atoms with Crippen molar-refractivity contribution < 1.29 is 4.79 Å². The molecule has 2 rings (SSSR count). The van der Waals surface area contributed by atoms with E-state index in [1.807, 2.05) is 25.1 Å². The van der Waals surface area contributed by atoms with Gasteiger partial charge in [-0.2, -0.15) is 0 Å². The van der Waals surface area contributed by atoms with Crippen LogP contribution in [0.15, 0.2) is 22.7 Å². The van der Waals surface area contributed by atoms with Gasteiger partial charge in [0.15, 0.2) is 5.78 Å². The van der Waals surface area contributed by atoms with Crippen LogP contribution in [-0.2, 0) is 0 Å². The van der Waals surface area contributed by atoms with E-state index in [1.165, 1.54) is 25.7 Å². The lowest BCUT2D eigenvalue weighted by atomic mass is 10.1. The van der Waals surface area contributed by atoms with E-state index >= 15 is 0 Å². The van der Waals surface area contributed by atoms with Gasteiger partial charge in [-0.15, -0.1) is 0 Å². The van der Waals surface area contributed by atoms with Crippen LogP contribution in [-0.4, -0.2) is 11.8 Å². The number of Topliss-reactive ketones (excluding diaryl/α,β-unsaturated/α-hetero) is 1. The van der Waals surface area contributed by atoms with E-state index in [0.29, 0.717) is 12.5 Å². The highest BCUT2D eigenvalue weighted by Crippen LogP contribution is 2.30. The van der Waals surface area contributed by atoms with Gasteiger partial charge in [0, 0.05) is 23.7 Å². The highest BCUT2D eigenvalue weighted by molar-refractivity contribution is 9.10. The van der Waals surface area contributed by atoms with Crippen molar-refractivity contribution in [1.82, 2.24) is 0 Å². The largest absolute Gasteiger partial charge is 0.381 e. The average molecular weight is 296 g/mol. The van der Waals surface area contributed by atoms with Crippen molar-refractivity contribution in [2.24, 2.45) is 0 Å². The van der Waals surface area contributed by atoms with Gasteiger partial charge in [0.2, 0.25) is 0 Å². The third-order valence-electron chi connectivity index (χ3n) is 3.34. The molecule has 0 aromatic heterocycles. The molecule has 1 aliphatic rings. The van der Waals surface area contributed by atoms with Gasteiger partial charge in [0.1, 0.15) is 0 Å². The number of benzene rings is 1. The predicted molar refractivity (Wildman–Crippen MR) is 74.6 cm³/mol. The van der Waals surface area contributed by atoms with Crippen molar-refractivity contribution in [3.8, 4) is 0 Å². The Hall–Kier alpha value is -0.830. The van der Waals surface area contributed by atoms with E-state index in [9.17, 15) is 4.79 Å². The van der Waals surface area contributed by atoms with Crippen LogP contribution < -0.4 is 5.32 Å². The molecule has 0 amide bonds. The summed E-state index contributed by atoms with van der Waals surface area (Å²) in [5.41, 5.74) is 1.84. The van der Waals surface area contributed by atoms with Gasteiger partial charge in [-0.05, 0) is 34.8 Å². The Balaban J connectivity index is 2.19. The van der Waals surface area contributed by atoms with E-state index in [2.05, 4.69) is 21.2 Å². The van der Waals surface area contributed by atoms with Crippen molar-refractivity contribution >= 4 is 27.4 Å². The fourth-order valence-corrected chi connectivity index (χ4v) is 2.94. The third-order valence-corrected chi connectivity index (χ3v) is 4.19. The Morgan fingerprint density at radius 3 is 2.76 bits per heavy atom. The number of rotatable bonds is 4. The Labute approximate surface area is 111 Å². The molecule has 1 aromatic carbocycles. The highest BCUT2D eigenvalue weighted by Gasteiger charge is 2.17. The van der Waals surface area contributed by atoms with Gasteiger partial charge < -0.3 is 5.32 Å². The predicted octanol–water partition coefficient (Wildman–Crippen LogP) is 4.40. The van der Waals surface area contributed by atoms with Gasteiger partial charge in [0.05, 0.1) is 4.47 Å². The Bertz CT molecular complexity index is 411. The second-order valence-corrected chi connectivity index (χ2v) is 5.36. The van der Waals surface area contributed by atoms with Crippen molar-refractivity contribution in [3.05, 3.63) is 28.2 Å². The normalized spacial score (nSPS) is 16.1. The van der Waals surface area contributed by atoms with Crippen LogP contribution in [0.25, 0.3) is 0 Å². The fourth-order valence-electron chi connectivity index (χ4n) is 2.34. The minimum absolute atomic E-state index is 0.187. The van der Waals surface area contributed by atoms with E-state index in [1.54, 1.807) is 0 Å². The summed E-state index contributed by atoms with van der Waals surface area (Å²) in [6.45, 7) is 1.89. The SMILES string of the molecule is CCC(=O)c1cccc(NC2CCCC2)c1Br. The molecule has 0 saturated heterocycles. The molecule has 0 heterocycles. The van der Waals surface area contributed by atoms with E-state index in [4.69, 9.17) is 0 Å². The maximum absolute atomic E-state index is 11.8. The number of nitrogens with one attached hydrogen (secondary N) is 1. The molecule has 0 aliphatic heterocycles.